The molecule has 0 saturated carbocycles. The molecule has 30 heavy (non-hydrogen) atoms. The summed E-state index contributed by atoms with van der Waals surface area (Å²) in [6, 6.07) is 18.6. The van der Waals surface area contributed by atoms with Crippen molar-refractivity contribution >= 4 is 18.0 Å². The van der Waals surface area contributed by atoms with Gasteiger partial charge in [0, 0.05) is 0 Å². The molecule has 1 unspecified atom stereocenters. The molecule has 0 aliphatic heterocycles. The summed E-state index contributed by atoms with van der Waals surface area (Å²) in [5.41, 5.74) is 1.89. The lowest BCUT2D eigenvalue weighted by Gasteiger charge is -2.16. The summed E-state index contributed by atoms with van der Waals surface area (Å²) in [5.74, 6) is -0.728. The third-order valence-corrected chi connectivity index (χ3v) is 4.13. The van der Waals surface area contributed by atoms with Crippen LogP contribution in [0.25, 0.3) is 0 Å². The smallest absolute Gasteiger partial charge is 0.407 e. The van der Waals surface area contributed by atoms with Gasteiger partial charge in [-0.05, 0) is 17.5 Å². The first-order chi connectivity index (χ1) is 14.6. The molecule has 0 aromatic heterocycles. The van der Waals surface area contributed by atoms with Crippen LogP contribution >= 0.6 is 0 Å². The monoisotopic (exact) mass is 410 g/mol. The number of hydrogen-bond acceptors (Lipinski definition) is 5. The molecule has 7 nitrogen and oxygen atoms in total. The third kappa shape index (κ3) is 9.05. The molecule has 0 saturated heterocycles. The van der Waals surface area contributed by atoms with E-state index in [-0.39, 0.29) is 37.5 Å². The molecule has 0 bridgehead atoms. The highest BCUT2D eigenvalue weighted by Crippen LogP contribution is 2.05. The van der Waals surface area contributed by atoms with E-state index in [1.165, 1.54) is 7.11 Å². The van der Waals surface area contributed by atoms with Crippen LogP contribution in [0.1, 0.15) is 17.5 Å². The van der Waals surface area contributed by atoms with Gasteiger partial charge >= 0.3 is 12.1 Å². The summed E-state index contributed by atoms with van der Waals surface area (Å²) in [4.78, 5) is 35.4. The average molecular weight is 410 g/mol. The Morgan fingerprint density at radius 1 is 0.967 bits per heavy atom. The fourth-order valence-corrected chi connectivity index (χ4v) is 2.63. The lowest BCUT2D eigenvalue weighted by Crippen LogP contribution is -2.42. The largest absolute Gasteiger partial charge is 0.469 e. The Morgan fingerprint density at radius 3 is 2.23 bits per heavy atom. The Hall–Kier alpha value is -3.61. The van der Waals surface area contributed by atoms with Gasteiger partial charge in [-0.15, -0.1) is 0 Å². The Labute approximate surface area is 176 Å². The summed E-state index contributed by atoms with van der Waals surface area (Å²) in [6.45, 7) is -0.0923. The molecule has 0 radical (unpaired) electrons. The predicted octanol–water partition coefficient (Wildman–Crippen LogP) is 2.76. The van der Waals surface area contributed by atoms with E-state index in [9.17, 15) is 14.4 Å². The van der Waals surface area contributed by atoms with Gasteiger partial charge in [-0.2, -0.15) is 0 Å². The fourth-order valence-electron chi connectivity index (χ4n) is 2.63. The van der Waals surface area contributed by atoms with E-state index in [4.69, 9.17) is 4.74 Å². The zero-order valence-electron chi connectivity index (χ0n) is 16.9. The van der Waals surface area contributed by atoms with Gasteiger partial charge in [0.25, 0.3) is 0 Å². The molecule has 0 aliphatic carbocycles. The number of carbonyl (C=O) groups is 3. The zero-order valence-corrected chi connectivity index (χ0v) is 16.9. The number of carbonyl (C=O) groups excluding carboxylic acids is 3. The molecule has 2 aromatic carbocycles. The maximum atomic E-state index is 12.3. The zero-order chi connectivity index (χ0) is 21.6. The molecule has 0 fully saturated rings. The summed E-state index contributed by atoms with van der Waals surface area (Å²) < 4.78 is 9.70. The maximum absolute atomic E-state index is 12.3. The minimum atomic E-state index is -0.671. The highest BCUT2D eigenvalue weighted by atomic mass is 16.5. The SMILES string of the molecule is COC(=O)C/C=C/C(Cc1ccccc1)NC(=O)CNC(=O)OCc1ccccc1. The van der Waals surface area contributed by atoms with Crippen LogP contribution in [-0.4, -0.2) is 37.7 Å². The number of alkyl carbamates (subject to hydrolysis) is 1. The van der Waals surface area contributed by atoms with E-state index in [0.717, 1.165) is 11.1 Å². The second-order valence-electron chi connectivity index (χ2n) is 6.49. The topological polar surface area (TPSA) is 93.7 Å². The van der Waals surface area contributed by atoms with Crippen molar-refractivity contribution in [2.75, 3.05) is 13.7 Å². The molecule has 7 heteroatoms. The lowest BCUT2D eigenvalue weighted by atomic mass is 10.1. The molecular weight excluding hydrogens is 384 g/mol. The second kappa shape index (κ2) is 12.8. The van der Waals surface area contributed by atoms with E-state index in [2.05, 4.69) is 15.4 Å². The van der Waals surface area contributed by atoms with Crippen molar-refractivity contribution in [2.24, 2.45) is 0 Å². The number of esters is 1. The number of hydrogen-bond donors (Lipinski definition) is 2. The molecule has 2 rings (SSSR count). The highest BCUT2D eigenvalue weighted by Gasteiger charge is 2.12. The Morgan fingerprint density at radius 2 is 1.60 bits per heavy atom. The van der Waals surface area contributed by atoms with Crippen LogP contribution < -0.4 is 10.6 Å². The number of methoxy groups -OCH3 is 1. The molecule has 2 N–H and O–H groups in total. The van der Waals surface area contributed by atoms with Crippen LogP contribution in [0.15, 0.2) is 72.8 Å². The van der Waals surface area contributed by atoms with Crippen molar-refractivity contribution in [2.45, 2.75) is 25.5 Å². The van der Waals surface area contributed by atoms with E-state index in [1.807, 2.05) is 60.7 Å². The Balaban J connectivity index is 1.82. The van der Waals surface area contributed by atoms with Crippen LogP contribution in [0.2, 0.25) is 0 Å². The van der Waals surface area contributed by atoms with Crippen molar-refractivity contribution in [1.82, 2.24) is 10.6 Å². The Bertz CT molecular complexity index is 837. The van der Waals surface area contributed by atoms with Crippen molar-refractivity contribution in [3.63, 3.8) is 0 Å². The summed E-state index contributed by atoms with van der Waals surface area (Å²) in [7, 11) is 1.32. The predicted molar refractivity (Wildman–Crippen MR) is 112 cm³/mol. The molecule has 0 aliphatic rings. The van der Waals surface area contributed by atoms with Gasteiger partial charge in [-0.25, -0.2) is 4.79 Å². The van der Waals surface area contributed by atoms with Gasteiger partial charge in [0.05, 0.1) is 19.6 Å². The molecule has 2 amide bonds. The minimum absolute atomic E-state index is 0.113. The normalized spacial score (nSPS) is 11.5. The second-order valence-corrected chi connectivity index (χ2v) is 6.49. The van der Waals surface area contributed by atoms with E-state index < -0.39 is 6.09 Å². The van der Waals surface area contributed by atoms with Crippen LogP contribution in [0.5, 0.6) is 0 Å². The molecule has 0 heterocycles. The van der Waals surface area contributed by atoms with Crippen LogP contribution in [0, 0.1) is 0 Å². The third-order valence-electron chi connectivity index (χ3n) is 4.13. The minimum Gasteiger partial charge on any atom is -0.469 e. The maximum Gasteiger partial charge on any atom is 0.407 e. The lowest BCUT2D eigenvalue weighted by molar-refractivity contribution is -0.139. The molecular formula is C23H26N2O5. The first-order valence-electron chi connectivity index (χ1n) is 9.58. The number of nitrogens with one attached hydrogen (secondary N) is 2. The fraction of sp³-hybridized carbons (Fsp3) is 0.261. The number of amides is 2. The summed E-state index contributed by atoms with van der Waals surface area (Å²) in [5, 5.41) is 5.27. The van der Waals surface area contributed by atoms with E-state index in [1.54, 1.807) is 12.2 Å². The molecule has 2 aromatic rings. The van der Waals surface area contributed by atoms with Gasteiger partial charge in [0.2, 0.25) is 5.91 Å². The van der Waals surface area contributed by atoms with Gasteiger partial charge in [-0.1, -0.05) is 72.8 Å². The number of benzene rings is 2. The van der Waals surface area contributed by atoms with Gasteiger partial charge in [-0.3, -0.25) is 9.59 Å². The first kappa shape index (κ1) is 22.7. The van der Waals surface area contributed by atoms with Gasteiger partial charge in [0.1, 0.15) is 13.2 Å². The van der Waals surface area contributed by atoms with Crippen molar-refractivity contribution in [3.8, 4) is 0 Å². The number of rotatable bonds is 10. The molecule has 158 valence electrons. The van der Waals surface area contributed by atoms with Gasteiger partial charge in [0.15, 0.2) is 0 Å². The molecule has 1 atom stereocenters. The quantitative estimate of drug-likeness (QED) is 0.464. The summed E-state index contributed by atoms with van der Waals surface area (Å²) >= 11 is 0. The Kier molecular flexibility index (Phi) is 9.65. The van der Waals surface area contributed by atoms with Crippen LogP contribution in [0.3, 0.4) is 0 Å². The van der Waals surface area contributed by atoms with E-state index >= 15 is 0 Å². The van der Waals surface area contributed by atoms with Crippen molar-refractivity contribution in [3.05, 3.63) is 83.9 Å². The molecule has 0 spiro atoms. The van der Waals surface area contributed by atoms with Crippen molar-refractivity contribution < 1.29 is 23.9 Å². The van der Waals surface area contributed by atoms with Gasteiger partial charge < -0.3 is 20.1 Å². The van der Waals surface area contributed by atoms with Crippen LogP contribution in [-0.2, 0) is 32.1 Å². The average Bonchev–Trinajstić information content (AvgIpc) is 2.77. The first-order valence-corrected chi connectivity index (χ1v) is 9.58. The number of ether oxygens (including phenoxy) is 2. The van der Waals surface area contributed by atoms with Crippen LogP contribution in [0.4, 0.5) is 4.79 Å². The van der Waals surface area contributed by atoms with E-state index in [0.29, 0.717) is 6.42 Å². The summed E-state index contributed by atoms with van der Waals surface area (Å²) in [6.07, 6.45) is 3.39. The van der Waals surface area contributed by atoms with Crippen molar-refractivity contribution in [1.29, 1.82) is 0 Å². The standard InChI is InChI=1S/C23H26N2O5/c1-29-22(27)14-8-13-20(15-18-9-4-2-5-10-18)25-21(26)16-24-23(28)30-17-19-11-6-3-7-12-19/h2-13,20H,14-17H2,1H3,(H,24,28)(H,25,26)/b13-8+. The highest BCUT2D eigenvalue weighted by molar-refractivity contribution is 5.82.